The Morgan fingerprint density at radius 1 is 1.13 bits per heavy atom. The van der Waals surface area contributed by atoms with Crippen molar-refractivity contribution in [1.29, 1.82) is 0 Å². The van der Waals surface area contributed by atoms with Crippen LogP contribution in [0.2, 0.25) is 0 Å². The Labute approximate surface area is 256 Å². The van der Waals surface area contributed by atoms with E-state index >= 15 is 0 Å². The average Bonchev–Trinajstić information content (AvgIpc) is 3.23. The van der Waals surface area contributed by atoms with Crippen LogP contribution in [0.1, 0.15) is 55.6 Å². The van der Waals surface area contributed by atoms with Crippen LogP contribution in [-0.2, 0) is 11.3 Å². The lowest BCUT2D eigenvalue weighted by atomic mass is 9.83. The summed E-state index contributed by atoms with van der Waals surface area (Å²) in [6.45, 7) is 5.42. The summed E-state index contributed by atoms with van der Waals surface area (Å²) in [5.41, 5.74) is 10.6. The Hall–Kier alpha value is -5.60. The van der Waals surface area contributed by atoms with Gasteiger partial charge in [0.1, 0.15) is 29.2 Å². The first-order chi connectivity index (χ1) is 21.3. The number of aromatic nitrogens is 3. The number of Topliss-reactive ketones (excluding diaryl/α,β-unsaturated/α-hetero) is 1. The third-order valence-electron chi connectivity index (χ3n) is 7.70. The van der Waals surface area contributed by atoms with E-state index in [0.717, 1.165) is 10.1 Å². The van der Waals surface area contributed by atoms with Gasteiger partial charge in [0, 0.05) is 23.7 Å². The second-order valence-electron chi connectivity index (χ2n) is 11.2. The molecule has 45 heavy (non-hydrogen) atoms. The van der Waals surface area contributed by atoms with Gasteiger partial charge in [0.25, 0.3) is 0 Å². The molecule has 1 aromatic heterocycles. The number of nitrogens with two attached hydrogens (primary N) is 2. The largest absolute Gasteiger partial charge is 0.483 e. The molecule has 2 aliphatic rings. The number of nitrogens with one attached hydrogen (secondary N) is 1. The van der Waals surface area contributed by atoms with E-state index in [9.17, 15) is 29.1 Å². The number of carbonyl (C=O) groups excluding carboxylic acids is 2. The molecule has 0 bridgehead atoms. The highest BCUT2D eigenvalue weighted by Gasteiger charge is 2.44. The van der Waals surface area contributed by atoms with Gasteiger partial charge in [0.15, 0.2) is 11.7 Å². The number of aliphatic carboxylic acids is 1. The standard InChI is InChI=1S/C30H33N7O8/c1-16(38)17-6-8-18(9-7-17)36-28(42)35-14-12-21-24(37(35)29(36)43)20-11-10-19(15-23(20)45-30(21,2)3)44-27(41)34-22(25(39)40)5-4-13-33-26(31)32/h6-12,15,22,24H,4-5,13-14H2,1-3H3,(H,34,41)(H,39,40)(H4,31,32,33). The maximum atomic E-state index is 13.9. The molecule has 0 saturated heterocycles. The van der Waals surface area contributed by atoms with E-state index in [0.29, 0.717) is 29.0 Å². The molecule has 0 fully saturated rings. The number of carbonyl (C=O) groups is 3. The molecule has 5 rings (SSSR count). The fourth-order valence-electron chi connectivity index (χ4n) is 5.55. The highest BCUT2D eigenvalue weighted by Crippen LogP contribution is 2.47. The van der Waals surface area contributed by atoms with Crippen molar-refractivity contribution in [2.24, 2.45) is 16.5 Å². The predicted octanol–water partition coefficient (Wildman–Crippen LogP) is 1.30. The fourth-order valence-corrected chi connectivity index (χ4v) is 5.55. The molecule has 0 spiro atoms. The van der Waals surface area contributed by atoms with Crippen molar-refractivity contribution >= 4 is 23.8 Å². The van der Waals surface area contributed by atoms with Crippen LogP contribution in [0.3, 0.4) is 0 Å². The molecule has 236 valence electrons. The number of ether oxygens (including phenoxy) is 2. The Kier molecular flexibility index (Phi) is 8.10. The molecule has 3 aromatic rings. The van der Waals surface area contributed by atoms with E-state index in [4.69, 9.17) is 20.9 Å². The summed E-state index contributed by atoms with van der Waals surface area (Å²) in [4.78, 5) is 67.1. The van der Waals surface area contributed by atoms with E-state index in [1.807, 2.05) is 19.9 Å². The number of hydrogen-bond acceptors (Lipinski definition) is 8. The van der Waals surface area contributed by atoms with Crippen LogP contribution < -0.4 is 37.6 Å². The van der Waals surface area contributed by atoms with Crippen LogP contribution in [0.5, 0.6) is 11.5 Å². The lowest BCUT2D eigenvalue weighted by molar-refractivity contribution is -0.139. The normalized spacial score (nSPS) is 16.5. The molecule has 3 heterocycles. The Morgan fingerprint density at radius 3 is 2.49 bits per heavy atom. The SMILES string of the molecule is CC(=O)c1ccc(-n2c(=O)n3n(c2=O)C2C(=CC3)C(C)(C)Oc3cc(OC(=O)NC(CCCN=C(N)N)C(=O)O)ccc32)cc1. The van der Waals surface area contributed by atoms with Gasteiger partial charge in [-0.2, -0.15) is 0 Å². The smallest absolute Gasteiger partial charge is 0.413 e. The third-order valence-corrected chi connectivity index (χ3v) is 7.70. The zero-order valence-electron chi connectivity index (χ0n) is 24.9. The van der Waals surface area contributed by atoms with E-state index in [-0.39, 0.29) is 37.0 Å². The van der Waals surface area contributed by atoms with Gasteiger partial charge < -0.3 is 31.4 Å². The number of hydrogen-bond donors (Lipinski definition) is 4. The lowest BCUT2D eigenvalue weighted by Crippen LogP contribution is -2.46. The van der Waals surface area contributed by atoms with Crippen molar-refractivity contribution in [2.75, 3.05) is 6.54 Å². The van der Waals surface area contributed by atoms with Crippen molar-refractivity contribution in [3.63, 3.8) is 0 Å². The van der Waals surface area contributed by atoms with Crippen molar-refractivity contribution in [3.05, 3.63) is 86.2 Å². The minimum absolute atomic E-state index is 0.0659. The first kappa shape index (κ1) is 30.8. The number of amides is 1. The molecule has 0 radical (unpaired) electrons. The fraction of sp³-hybridized carbons (Fsp3) is 0.333. The molecule has 15 heteroatoms. The average molecular weight is 620 g/mol. The van der Waals surface area contributed by atoms with Gasteiger partial charge in [0.05, 0.1) is 12.2 Å². The molecule has 15 nitrogen and oxygen atoms in total. The van der Waals surface area contributed by atoms with Crippen LogP contribution in [-0.4, -0.2) is 61.0 Å². The molecular weight excluding hydrogens is 586 g/mol. The number of benzene rings is 2. The molecule has 6 N–H and O–H groups in total. The Bertz CT molecular complexity index is 1860. The molecule has 2 aromatic carbocycles. The number of aliphatic imine (C=N–C) groups is 1. The second-order valence-corrected chi connectivity index (χ2v) is 11.2. The number of nitrogens with zero attached hydrogens (tertiary/aromatic N) is 4. The topological polar surface area (TPSA) is 215 Å². The van der Waals surface area contributed by atoms with Crippen LogP contribution in [0, 0.1) is 0 Å². The summed E-state index contributed by atoms with van der Waals surface area (Å²) in [5.74, 6) is -1.12. The van der Waals surface area contributed by atoms with Crippen molar-refractivity contribution in [2.45, 2.75) is 57.8 Å². The van der Waals surface area contributed by atoms with E-state index < -0.39 is 41.1 Å². The highest BCUT2D eigenvalue weighted by molar-refractivity contribution is 5.94. The van der Waals surface area contributed by atoms with E-state index in [2.05, 4.69) is 10.3 Å². The lowest BCUT2D eigenvalue weighted by Gasteiger charge is -2.42. The molecule has 0 saturated carbocycles. The maximum Gasteiger partial charge on any atom is 0.413 e. The third kappa shape index (κ3) is 5.96. The molecule has 2 unspecified atom stereocenters. The summed E-state index contributed by atoms with van der Waals surface area (Å²) in [5, 5.41) is 11.8. The van der Waals surface area contributed by atoms with Crippen molar-refractivity contribution in [1.82, 2.24) is 19.2 Å². The zero-order chi connectivity index (χ0) is 32.6. The summed E-state index contributed by atoms with van der Waals surface area (Å²) in [6, 6.07) is 8.87. The number of rotatable bonds is 9. The van der Waals surface area contributed by atoms with Crippen molar-refractivity contribution in [3.8, 4) is 17.2 Å². The quantitative estimate of drug-likeness (QED) is 0.0885. The molecule has 2 atom stereocenters. The summed E-state index contributed by atoms with van der Waals surface area (Å²) in [7, 11) is 0. The van der Waals surface area contributed by atoms with Crippen LogP contribution in [0.25, 0.3) is 5.69 Å². The predicted molar refractivity (Wildman–Crippen MR) is 162 cm³/mol. The number of fused-ring (bicyclic) bond motifs is 5. The number of guanidine groups is 1. The molecular formula is C30H33N7O8. The van der Waals surface area contributed by atoms with E-state index in [1.54, 1.807) is 30.3 Å². The zero-order valence-corrected chi connectivity index (χ0v) is 24.9. The number of ketones is 1. The highest BCUT2D eigenvalue weighted by atomic mass is 16.6. The van der Waals surface area contributed by atoms with Gasteiger partial charge in [-0.1, -0.05) is 6.08 Å². The summed E-state index contributed by atoms with van der Waals surface area (Å²) < 4.78 is 15.4. The molecule has 2 aliphatic heterocycles. The summed E-state index contributed by atoms with van der Waals surface area (Å²) in [6.07, 6.45) is 1.24. The minimum atomic E-state index is -1.25. The van der Waals surface area contributed by atoms with E-state index in [1.165, 1.54) is 28.4 Å². The van der Waals surface area contributed by atoms with Crippen LogP contribution >= 0.6 is 0 Å². The monoisotopic (exact) mass is 619 g/mol. The number of allylic oxidation sites excluding steroid dienone is 1. The molecule has 1 amide bonds. The van der Waals surface area contributed by atoms with Crippen LogP contribution in [0.15, 0.2) is 68.7 Å². The number of carboxylic acid groups (broad SMARTS) is 1. The molecule has 0 aliphatic carbocycles. The first-order valence-electron chi connectivity index (χ1n) is 14.1. The van der Waals surface area contributed by atoms with Gasteiger partial charge in [-0.15, -0.1) is 0 Å². The van der Waals surface area contributed by atoms with Gasteiger partial charge in [-0.3, -0.25) is 9.79 Å². The van der Waals surface area contributed by atoms with Gasteiger partial charge in [-0.05, 0) is 75.6 Å². The van der Waals surface area contributed by atoms with Gasteiger partial charge >= 0.3 is 23.4 Å². The van der Waals surface area contributed by atoms with Crippen LogP contribution in [0.4, 0.5) is 4.79 Å². The second kappa shape index (κ2) is 11.8. The van der Waals surface area contributed by atoms with Gasteiger partial charge in [-0.25, -0.2) is 33.1 Å². The minimum Gasteiger partial charge on any atom is -0.483 e. The Balaban J connectivity index is 1.44. The Morgan fingerprint density at radius 2 is 1.84 bits per heavy atom. The maximum absolute atomic E-state index is 13.9. The summed E-state index contributed by atoms with van der Waals surface area (Å²) >= 11 is 0. The number of carboxylic acids is 1. The van der Waals surface area contributed by atoms with Gasteiger partial charge in [0.2, 0.25) is 0 Å². The van der Waals surface area contributed by atoms with Crippen molar-refractivity contribution < 1.29 is 29.0 Å². The first-order valence-corrected chi connectivity index (χ1v) is 14.1.